The van der Waals surface area contributed by atoms with Gasteiger partial charge in [-0.1, -0.05) is 5.92 Å². The van der Waals surface area contributed by atoms with E-state index >= 15 is 0 Å². The topological polar surface area (TPSA) is 116 Å². The highest BCUT2D eigenvalue weighted by Gasteiger charge is 2.15. The molecule has 1 N–H and O–H groups in total. The molecule has 142 valence electrons. The first kappa shape index (κ1) is 20.2. The monoisotopic (exact) mass is 391 g/mol. The predicted molar refractivity (Wildman–Crippen MR) is 96.5 cm³/mol. The summed E-state index contributed by atoms with van der Waals surface area (Å²) in [5, 5.41) is 0. The molecule has 0 amide bonds. The van der Waals surface area contributed by atoms with Gasteiger partial charge in [0.25, 0.3) is 5.56 Å². The lowest BCUT2D eigenvalue weighted by atomic mass is 10.2. The summed E-state index contributed by atoms with van der Waals surface area (Å²) in [4.78, 5) is 35.6. The number of nitrogens with zero attached hydrogens (tertiary/aromatic N) is 2. The Morgan fingerprint density at radius 3 is 2.41 bits per heavy atom. The fraction of sp³-hybridized carbons (Fsp3) is 0.235. The Kier molecular flexibility index (Phi) is 5.99. The second-order valence-electron chi connectivity index (χ2n) is 5.50. The molecule has 0 unspecified atom stereocenters. The van der Waals surface area contributed by atoms with Crippen molar-refractivity contribution >= 4 is 16.0 Å². The van der Waals surface area contributed by atoms with Crippen molar-refractivity contribution in [2.24, 2.45) is 14.1 Å². The molecule has 2 aromatic rings. The van der Waals surface area contributed by atoms with Crippen molar-refractivity contribution in [2.75, 3.05) is 6.54 Å². The molecule has 1 aromatic heterocycles. The quantitative estimate of drug-likeness (QED) is 0.517. The van der Waals surface area contributed by atoms with Crippen molar-refractivity contribution in [2.45, 2.75) is 11.5 Å². The molecule has 2 rings (SSSR count). The highest BCUT2D eigenvalue weighted by Crippen LogP contribution is 2.12. The van der Waals surface area contributed by atoms with E-state index in [4.69, 9.17) is 11.2 Å². The SMILES string of the molecule is C#CCNS(=O)(=O)c1ccc(C(=O)OCc2cc(=O)n(C)c(=O)n2C)cc1. The first-order valence-electron chi connectivity index (χ1n) is 7.63. The Balaban J connectivity index is 2.13. The number of rotatable bonds is 6. The lowest BCUT2D eigenvalue weighted by Gasteiger charge is -2.10. The largest absolute Gasteiger partial charge is 0.456 e. The molecular weight excluding hydrogens is 374 g/mol. The maximum atomic E-state index is 12.1. The Morgan fingerprint density at radius 2 is 1.81 bits per heavy atom. The minimum atomic E-state index is -3.76. The highest BCUT2D eigenvalue weighted by atomic mass is 32.2. The first-order valence-corrected chi connectivity index (χ1v) is 9.12. The molecule has 0 radical (unpaired) electrons. The van der Waals surface area contributed by atoms with Gasteiger partial charge in [0.15, 0.2) is 0 Å². The Morgan fingerprint density at radius 1 is 1.19 bits per heavy atom. The predicted octanol–water partition coefficient (Wildman–Crippen LogP) is -0.647. The molecule has 0 saturated carbocycles. The summed E-state index contributed by atoms with van der Waals surface area (Å²) in [6.07, 6.45) is 5.02. The summed E-state index contributed by atoms with van der Waals surface area (Å²) in [5.41, 5.74) is -0.713. The van der Waals surface area contributed by atoms with E-state index in [1.807, 2.05) is 0 Å². The van der Waals surface area contributed by atoms with Crippen LogP contribution in [-0.4, -0.2) is 30.1 Å². The van der Waals surface area contributed by atoms with Crippen molar-refractivity contribution in [1.29, 1.82) is 0 Å². The van der Waals surface area contributed by atoms with Gasteiger partial charge >= 0.3 is 11.7 Å². The van der Waals surface area contributed by atoms with Crippen LogP contribution in [0.1, 0.15) is 16.1 Å². The smallest absolute Gasteiger partial charge is 0.338 e. The van der Waals surface area contributed by atoms with E-state index < -0.39 is 27.2 Å². The third-order valence-corrected chi connectivity index (χ3v) is 5.16. The van der Waals surface area contributed by atoms with E-state index in [9.17, 15) is 22.8 Å². The molecule has 0 bridgehead atoms. The molecule has 0 spiro atoms. The number of hydrogen-bond donors (Lipinski definition) is 1. The van der Waals surface area contributed by atoms with Crippen molar-refractivity contribution in [3.05, 3.63) is 62.4 Å². The zero-order valence-corrected chi connectivity index (χ0v) is 15.4. The van der Waals surface area contributed by atoms with E-state index in [0.29, 0.717) is 0 Å². The number of terminal acetylenes is 1. The molecule has 1 heterocycles. The van der Waals surface area contributed by atoms with E-state index in [-0.39, 0.29) is 29.3 Å². The van der Waals surface area contributed by atoms with E-state index in [1.165, 1.54) is 49.0 Å². The third kappa shape index (κ3) is 4.52. The van der Waals surface area contributed by atoms with Gasteiger partial charge in [0.05, 0.1) is 22.7 Å². The fourth-order valence-electron chi connectivity index (χ4n) is 2.13. The van der Waals surface area contributed by atoms with Crippen molar-refractivity contribution in [3.63, 3.8) is 0 Å². The number of ether oxygens (including phenoxy) is 1. The van der Waals surface area contributed by atoms with Crippen LogP contribution >= 0.6 is 0 Å². The van der Waals surface area contributed by atoms with Gasteiger partial charge < -0.3 is 4.74 Å². The number of carbonyl (C=O) groups is 1. The minimum Gasteiger partial charge on any atom is -0.456 e. The van der Waals surface area contributed by atoms with Gasteiger partial charge in [0, 0.05) is 20.2 Å². The van der Waals surface area contributed by atoms with E-state index in [1.54, 1.807) is 0 Å². The van der Waals surface area contributed by atoms with Gasteiger partial charge in [-0.15, -0.1) is 6.42 Å². The molecule has 10 heteroatoms. The molecular formula is C17H17N3O6S. The van der Waals surface area contributed by atoms with Crippen LogP contribution in [0, 0.1) is 12.3 Å². The Hall–Kier alpha value is -3.16. The first-order chi connectivity index (χ1) is 12.7. The molecule has 0 atom stereocenters. The summed E-state index contributed by atoms with van der Waals surface area (Å²) >= 11 is 0. The number of esters is 1. The molecule has 0 fully saturated rings. The standard InChI is InChI=1S/C17H17N3O6S/c1-4-9-18-27(24,25)14-7-5-12(6-8-14)16(22)26-11-13-10-15(21)20(3)17(23)19(13)2/h1,5-8,10,18H,9,11H2,2-3H3. The molecule has 27 heavy (non-hydrogen) atoms. The third-order valence-electron chi connectivity index (χ3n) is 3.74. The van der Waals surface area contributed by atoms with Crippen LogP contribution in [0.15, 0.2) is 44.8 Å². The van der Waals surface area contributed by atoms with Crippen LogP contribution < -0.4 is 16.0 Å². The maximum absolute atomic E-state index is 12.1. The van der Waals surface area contributed by atoms with Crippen LogP contribution in [0.3, 0.4) is 0 Å². The van der Waals surface area contributed by atoms with Gasteiger partial charge in [-0.3, -0.25) is 13.9 Å². The average Bonchev–Trinajstić information content (AvgIpc) is 2.66. The molecule has 0 aliphatic heterocycles. The summed E-state index contributed by atoms with van der Waals surface area (Å²) < 4.78 is 33.3. The van der Waals surface area contributed by atoms with Crippen molar-refractivity contribution in [1.82, 2.24) is 13.9 Å². The lowest BCUT2D eigenvalue weighted by Crippen LogP contribution is -2.38. The zero-order chi connectivity index (χ0) is 20.2. The zero-order valence-electron chi connectivity index (χ0n) is 14.6. The number of hydrogen-bond acceptors (Lipinski definition) is 6. The van der Waals surface area contributed by atoms with Crippen LogP contribution in [0.5, 0.6) is 0 Å². The fourth-order valence-corrected chi connectivity index (χ4v) is 3.06. The summed E-state index contributed by atoms with van der Waals surface area (Å²) in [6.45, 7) is -0.439. The van der Waals surface area contributed by atoms with E-state index in [0.717, 1.165) is 4.57 Å². The van der Waals surface area contributed by atoms with Gasteiger partial charge in [-0.05, 0) is 24.3 Å². The molecule has 0 saturated heterocycles. The van der Waals surface area contributed by atoms with Gasteiger partial charge in [0.1, 0.15) is 6.61 Å². The Labute approximate surface area is 155 Å². The summed E-state index contributed by atoms with van der Waals surface area (Å²) in [6, 6.07) is 6.25. The van der Waals surface area contributed by atoms with E-state index in [2.05, 4.69) is 10.6 Å². The number of nitrogens with one attached hydrogen (secondary N) is 1. The van der Waals surface area contributed by atoms with Crippen molar-refractivity contribution in [3.8, 4) is 12.3 Å². The summed E-state index contributed by atoms with van der Waals surface area (Å²) in [5.74, 6) is 1.43. The van der Waals surface area contributed by atoms with Crippen LogP contribution in [0.4, 0.5) is 0 Å². The summed E-state index contributed by atoms with van der Waals surface area (Å²) in [7, 11) is -0.965. The number of sulfonamides is 1. The average molecular weight is 391 g/mol. The van der Waals surface area contributed by atoms with Crippen LogP contribution in [0.25, 0.3) is 0 Å². The lowest BCUT2D eigenvalue weighted by molar-refractivity contribution is 0.0462. The molecule has 0 aliphatic rings. The molecule has 9 nitrogen and oxygen atoms in total. The van der Waals surface area contributed by atoms with Crippen LogP contribution in [0.2, 0.25) is 0 Å². The second-order valence-corrected chi connectivity index (χ2v) is 7.27. The number of benzene rings is 1. The Bertz CT molecular complexity index is 1120. The number of carbonyl (C=O) groups excluding carboxylic acids is 1. The van der Waals surface area contributed by atoms with Gasteiger partial charge in [-0.2, -0.15) is 4.72 Å². The molecule has 1 aromatic carbocycles. The maximum Gasteiger partial charge on any atom is 0.338 e. The van der Waals surface area contributed by atoms with Gasteiger partial charge in [-0.25, -0.2) is 18.0 Å². The second kappa shape index (κ2) is 8.03. The number of aromatic nitrogens is 2. The highest BCUT2D eigenvalue weighted by molar-refractivity contribution is 7.89. The van der Waals surface area contributed by atoms with Gasteiger partial charge in [0.2, 0.25) is 10.0 Å². The van der Waals surface area contributed by atoms with Crippen LogP contribution in [-0.2, 0) is 35.5 Å². The minimum absolute atomic E-state index is 0.0525. The van der Waals surface area contributed by atoms with Crippen molar-refractivity contribution < 1.29 is 17.9 Å². The molecule has 0 aliphatic carbocycles. The normalized spacial score (nSPS) is 11.0.